The van der Waals surface area contributed by atoms with Gasteiger partial charge >= 0.3 is 5.97 Å². The van der Waals surface area contributed by atoms with Gasteiger partial charge in [-0.05, 0) is 26.0 Å². The van der Waals surface area contributed by atoms with Gasteiger partial charge in [-0.15, -0.1) is 11.3 Å². The zero-order valence-electron chi connectivity index (χ0n) is 13.8. The number of amides is 1. The van der Waals surface area contributed by atoms with Gasteiger partial charge in [0.1, 0.15) is 11.6 Å². The lowest BCUT2D eigenvalue weighted by Crippen LogP contribution is -2.41. The molecule has 2 aromatic rings. The van der Waals surface area contributed by atoms with E-state index in [1.54, 1.807) is 0 Å². The van der Waals surface area contributed by atoms with Crippen molar-refractivity contribution in [1.29, 1.82) is 0 Å². The van der Waals surface area contributed by atoms with Crippen molar-refractivity contribution in [3.05, 3.63) is 39.8 Å². The van der Waals surface area contributed by atoms with Gasteiger partial charge in [-0.3, -0.25) is 9.59 Å². The molecule has 128 valence electrons. The number of ether oxygens (including phenoxy) is 1. The molecule has 0 saturated heterocycles. The quantitative estimate of drug-likeness (QED) is 0.683. The summed E-state index contributed by atoms with van der Waals surface area (Å²) in [5.41, 5.74) is 1.71. The molecule has 2 rings (SSSR count). The molecule has 0 fully saturated rings. The van der Waals surface area contributed by atoms with E-state index in [9.17, 15) is 9.59 Å². The van der Waals surface area contributed by atoms with E-state index in [-0.39, 0.29) is 24.9 Å². The van der Waals surface area contributed by atoms with E-state index in [0.29, 0.717) is 5.69 Å². The predicted octanol–water partition coefficient (Wildman–Crippen LogP) is 3.53. The molecule has 0 unspecified atom stereocenters. The van der Waals surface area contributed by atoms with E-state index >= 15 is 0 Å². The molecule has 1 aromatic heterocycles. The van der Waals surface area contributed by atoms with E-state index < -0.39 is 5.97 Å². The summed E-state index contributed by atoms with van der Waals surface area (Å²) in [6.07, 6.45) is 0.166. The maximum Gasteiger partial charge on any atom is 0.325 e. The maximum absolute atomic E-state index is 12.5. The Morgan fingerprint density at radius 3 is 2.75 bits per heavy atom. The molecule has 0 N–H and O–H groups in total. The molecule has 0 atom stereocenters. The van der Waals surface area contributed by atoms with Gasteiger partial charge in [-0.2, -0.15) is 0 Å². The van der Waals surface area contributed by atoms with E-state index in [1.165, 1.54) is 23.3 Å². The molecule has 5 nitrogen and oxygen atoms in total. The third-order valence-corrected chi connectivity index (χ3v) is 4.86. The normalized spacial score (nSPS) is 10.7. The number of benzene rings is 1. The first-order valence-corrected chi connectivity index (χ1v) is 9.14. The molecule has 0 saturated carbocycles. The molecule has 0 bridgehead atoms. The Balaban J connectivity index is 2.10. The molecule has 0 aliphatic heterocycles. The lowest BCUT2D eigenvalue weighted by molar-refractivity contribution is -0.148. The predicted molar refractivity (Wildman–Crippen MR) is 97.8 cm³/mol. The monoisotopic (exact) mass is 410 g/mol. The zero-order valence-corrected chi connectivity index (χ0v) is 16.2. The Kier molecular flexibility index (Phi) is 6.51. The van der Waals surface area contributed by atoms with Crippen molar-refractivity contribution in [3.63, 3.8) is 0 Å². The minimum Gasteiger partial charge on any atom is -0.468 e. The van der Waals surface area contributed by atoms with Crippen LogP contribution < -0.4 is 0 Å². The molecule has 1 amide bonds. The largest absolute Gasteiger partial charge is 0.468 e. The van der Waals surface area contributed by atoms with E-state index in [1.807, 2.05) is 43.5 Å². The molecule has 24 heavy (non-hydrogen) atoms. The number of hydrogen-bond acceptors (Lipinski definition) is 5. The smallest absolute Gasteiger partial charge is 0.325 e. The topological polar surface area (TPSA) is 59.5 Å². The fourth-order valence-electron chi connectivity index (χ4n) is 2.16. The summed E-state index contributed by atoms with van der Waals surface area (Å²) in [7, 11) is 1.32. The van der Waals surface area contributed by atoms with Crippen LogP contribution in [0, 0.1) is 0 Å². The minimum atomic E-state index is -0.426. The average molecular weight is 411 g/mol. The first kappa shape index (κ1) is 18.6. The highest BCUT2D eigenvalue weighted by Gasteiger charge is 2.21. The molecule has 0 aliphatic rings. The van der Waals surface area contributed by atoms with Crippen molar-refractivity contribution in [1.82, 2.24) is 9.88 Å². The van der Waals surface area contributed by atoms with Crippen LogP contribution in [0.15, 0.2) is 34.1 Å². The molecule has 0 aliphatic carbocycles. The number of hydrogen-bond donors (Lipinski definition) is 0. The van der Waals surface area contributed by atoms with Gasteiger partial charge in [-0.1, -0.05) is 28.1 Å². The van der Waals surface area contributed by atoms with Crippen molar-refractivity contribution in [2.75, 3.05) is 13.7 Å². The van der Waals surface area contributed by atoms with Crippen LogP contribution in [-0.4, -0.2) is 41.5 Å². The van der Waals surface area contributed by atoms with Gasteiger partial charge in [0.25, 0.3) is 0 Å². The first-order chi connectivity index (χ1) is 11.4. The van der Waals surface area contributed by atoms with Crippen LogP contribution >= 0.6 is 27.3 Å². The SMILES string of the molecule is COC(=O)CN(C(=O)Cc1csc(-c2cccc(Br)c2)n1)C(C)C. The van der Waals surface area contributed by atoms with Gasteiger partial charge in [0.2, 0.25) is 5.91 Å². The average Bonchev–Trinajstić information content (AvgIpc) is 3.00. The Morgan fingerprint density at radius 1 is 1.38 bits per heavy atom. The standard InChI is InChI=1S/C17H19BrN2O3S/c1-11(2)20(9-16(22)23-3)15(21)8-14-10-24-17(19-14)12-5-4-6-13(18)7-12/h4-7,10-11H,8-9H2,1-3H3. The van der Waals surface area contributed by atoms with Crippen LogP contribution in [0.3, 0.4) is 0 Å². The molecule has 7 heteroatoms. The molecule has 1 heterocycles. The highest BCUT2D eigenvalue weighted by atomic mass is 79.9. The second-order valence-corrected chi connectivity index (χ2v) is 7.30. The van der Waals surface area contributed by atoms with Crippen molar-refractivity contribution in [2.24, 2.45) is 0 Å². The summed E-state index contributed by atoms with van der Waals surface area (Å²) in [5, 5.41) is 2.74. The van der Waals surface area contributed by atoms with Crippen LogP contribution in [0.5, 0.6) is 0 Å². The summed E-state index contributed by atoms with van der Waals surface area (Å²) >= 11 is 4.94. The number of methoxy groups -OCH3 is 1. The third-order valence-electron chi connectivity index (χ3n) is 3.43. The Bertz CT molecular complexity index is 730. The highest BCUT2D eigenvalue weighted by molar-refractivity contribution is 9.10. The Labute approximate surface area is 153 Å². The fraction of sp³-hybridized carbons (Fsp3) is 0.353. The number of esters is 1. The summed E-state index contributed by atoms with van der Waals surface area (Å²) in [4.78, 5) is 30.0. The van der Waals surface area contributed by atoms with Crippen LogP contribution in [0.2, 0.25) is 0 Å². The Morgan fingerprint density at radius 2 is 2.12 bits per heavy atom. The second-order valence-electron chi connectivity index (χ2n) is 5.52. The lowest BCUT2D eigenvalue weighted by atomic mass is 10.2. The molecular formula is C17H19BrN2O3S. The number of nitrogens with zero attached hydrogens (tertiary/aromatic N) is 2. The van der Waals surface area contributed by atoms with E-state index in [4.69, 9.17) is 0 Å². The number of halogens is 1. The molecule has 0 radical (unpaired) electrons. The van der Waals surface area contributed by atoms with Gasteiger partial charge in [0.15, 0.2) is 0 Å². The van der Waals surface area contributed by atoms with Gasteiger partial charge in [0.05, 0.1) is 19.2 Å². The number of aromatic nitrogens is 1. The van der Waals surface area contributed by atoms with E-state index in [0.717, 1.165) is 15.0 Å². The van der Waals surface area contributed by atoms with Gasteiger partial charge in [-0.25, -0.2) is 4.98 Å². The number of rotatable bonds is 6. The summed E-state index contributed by atoms with van der Waals surface area (Å²) < 4.78 is 5.64. The van der Waals surface area contributed by atoms with Crippen LogP contribution in [0.25, 0.3) is 10.6 Å². The number of carbonyl (C=O) groups is 2. The summed E-state index contributed by atoms with van der Waals surface area (Å²) in [6.45, 7) is 3.69. The highest BCUT2D eigenvalue weighted by Crippen LogP contribution is 2.26. The number of thiazole rings is 1. The third kappa shape index (κ3) is 4.88. The van der Waals surface area contributed by atoms with E-state index in [2.05, 4.69) is 25.7 Å². The van der Waals surface area contributed by atoms with Crippen LogP contribution in [-0.2, 0) is 20.7 Å². The Hall–Kier alpha value is -1.73. The lowest BCUT2D eigenvalue weighted by Gasteiger charge is -2.25. The van der Waals surface area contributed by atoms with Gasteiger partial charge < -0.3 is 9.64 Å². The van der Waals surface area contributed by atoms with Crippen molar-refractivity contribution < 1.29 is 14.3 Å². The number of carbonyl (C=O) groups excluding carboxylic acids is 2. The maximum atomic E-state index is 12.5. The summed E-state index contributed by atoms with van der Waals surface area (Å²) in [5.74, 6) is -0.563. The van der Waals surface area contributed by atoms with Crippen molar-refractivity contribution >= 4 is 39.1 Å². The second kappa shape index (κ2) is 8.39. The first-order valence-electron chi connectivity index (χ1n) is 7.47. The van der Waals surface area contributed by atoms with Gasteiger partial charge in [0, 0.05) is 21.5 Å². The van der Waals surface area contributed by atoms with Crippen LogP contribution in [0.4, 0.5) is 0 Å². The zero-order chi connectivity index (χ0) is 17.7. The van der Waals surface area contributed by atoms with Crippen molar-refractivity contribution in [2.45, 2.75) is 26.3 Å². The van der Waals surface area contributed by atoms with Crippen LogP contribution in [0.1, 0.15) is 19.5 Å². The molecular weight excluding hydrogens is 392 g/mol. The summed E-state index contributed by atoms with van der Waals surface area (Å²) in [6, 6.07) is 7.78. The van der Waals surface area contributed by atoms with Crippen molar-refractivity contribution in [3.8, 4) is 10.6 Å². The fourth-order valence-corrected chi connectivity index (χ4v) is 3.38. The molecule has 1 aromatic carbocycles. The minimum absolute atomic E-state index is 0.0460. The molecule has 0 spiro atoms.